The number of rotatable bonds is 11. The molecule has 0 fully saturated rings. The first kappa shape index (κ1) is 32.4. The number of aromatic nitrogens is 4. The van der Waals surface area contributed by atoms with Crippen molar-refractivity contribution in [2.45, 2.75) is 6.92 Å². The van der Waals surface area contributed by atoms with Gasteiger partial charge in [-0.2, -0.15) is 10.2 Å². The Hall–Kier alpha value is -3.60. The summed E-state index contributed by atoms with van der Waals surface area (Å²) >= 11 is 0. The minimum atomic E-state index is -0.993. The van der Waals surface area contributed by atoms with Crippen LogP contribution in [0.4, 0.5) is 0 Å². The van der Waals surface area contributed by atoms with Gasteiger partial charge in [0, 0.05) is 14.2 Å². The zero-order valence-corrected chi connectivity index (χ0v) is 21.7. The van der Waals surface area contributed by atoms with Crippen molar-refractivity contribution >= 4 is 23.0 Å². The molecule has 0 amide bonds. The summed E-state index contributed by atoms with van der Waals surface area (Å²) in [6, 6.07) is 6.94. The molecule has 0 aliphatic carbocycles. The molecule has 0 saturated carbocycles. The molecule has 38 heavy (non-hydrogen) atoms. The average Bonchev–Trinajstić information content (AvgIpc) is 3.49. The number of carbonyl (C=O) groups excluding carboxylic acids is 1. The number of carbonyl (C=O) groups is 2. The van der Waals surface area contributed by atoms with Crippen LogP contribution in [-0.2, 0) is 14.2 Å². The smallest absolute Gasteiger partial charge is 0.870 e. The predicted octanol–water partition coefficient (Wildman–Crippen LogP) is -0.579. The molecule has 0 spiro atoms. The van der Waals surface area contributed by atoms with Gasteiger partial charge >= 0.3 is 30.8 Å². The maximum absolute atomic E-state index is 11.7. The quantitative estimate of drug-likeness (QED) is 0.152. The Balaban J connectivity index is 0.000000363. The maximum atomic E-state index is 11.7. The minimum Gasteiger partial charge on any atom is -0.870 e. The second-order valence-electron chi connectivity index (χ2n) is 7.21. The van der Waals surface area contributed by atoms with Crippen molar-refractivity contribution in [1.29, 1.82) is 0 Å². The molecular weight excluding hydrogens is 495 g/mol. The summed E-state index contributed by atoms with van der Waals surface area (Å²) in [4.78, 5) is 22.6. The van der Waals surface area contributed by atoms with E-state index in [0.717, 1.165) is 0 Å². The summed E-state index contributed by atoms with van der Waals surface area (Å²) in [5.41, 5.74) is 1.85. The molecule has 13 nitrogen and oxygen atoms in total. The Labute approximate surface area is 230 Å². The van der Waals surface area contributed by atoms with E-state index in [4.69, 9.17) is 28.8 Å². The molecule has 0 unspecified atom stereocenters. The SMILES string of the molecule is CCOC(=O)c1cnn2cc(OCCOC)ccc12.COCCOc1ccc2c(C(=O)O)cnn2c1.[Li+].[OH-]. The summed E-state index contributed by atoms with van der Waals surface area (Å²) in [7, 11) is 3.21. The maximum Gasteiger partial charge on any atom is 1.00 e. The van der Waals surface area contributed by atoms with Gasteiger partial charge in [-0.25, -0.2) is 18.6 Å². The van der Waals surface area contributed by atoms with Crippen LogP contribution in [-0.4, -0.2) is 89.0 Å². The molecule has 0 saturated heterocycles. The summed E-state index contributed by atoms with van der Waals surface area (Å²) in [6.45, 7) is 4.03. The number of esters is 1. The number of carboxylic acid groups (broad SMARTS) is 1. The van der Waals surface area contributed by atoms with Crippen LogP contribution in [0.15, 0.2) is 49.1 Å². The van der Waals surface area contributed by atoms with Gasteiger partial charge in [0.2, 0.25) is 0 Å². The fourth-order valence-electron chi connectivity index (χ4n) is 3.12. The van der Waals surface area contributed by atoms with E-state index in [9.17, 15) is 9.59 Å². The monoisotopic (exact) mass is 524 g/mol. The predicted molar refractivity (Wildman–Crippen MR) is 130 cm³/mol. The van der Waals surface area contributed by atoms with E-state index in [1.807, 2.05) is 0 Å². The van der Waals surface area contributed by atoms with Gasteiger partial charge in [-0.1, -0.05) is 0 Å². The van der Waals surface area contributed by atoms with Crippen LogP contribution in [0.1, 0.15) is 27.6 Å². The first-order valence-corrected chi connectivity index (χ1v) is 11.1. The molecule has 0 bridgehead atoms. The van der Waals surface area contributed by atoms with Gasteiger partial charge < -0.3 is 34.3 Å². The molecule has 0 aliphatic rings. The van der Waals surface area contributed by atoms with Gasteiger partial charge in [0.05, 0.1) is 55.6 Å². The first-order chi connectivity index (χ1) is 17.5. The molecule has 0 radical (unpaired) electrons. The molecule has 4 heterocycles. The number of methoxy groups -OCH3 is 2. The van der Waals surface area contributed by atoms with Gasteiger partial charge in [-0.15, -0.1) is 0 Å². The molecule has 4 aromatic heterocycles. The Morgan fingerprint density at radius 2 is 1.29 bits per heavy atom. The van der Waals surface area contributed by atoms with Crippen LogP contribution in [0.5, 0.6) is 11.5 Å². The number of fused-ring (bicyclic) bond motifs is 2. The van der Waals surface area contributed by atoms with Crippen molar-refractivity contribution in [3.05, 3.63) is 60.2 Å². The van der Waals surface area contributed by atoms with Crippen molar-refractivity contribution in [2.75, 3.05) is 47.3 Å². The number of pyridine rings is 2. The van der Waals surface area contributed by atoms with Gasteiger partial charge in [0.25, 0.3) is 0 Å². The summed E-state index contributed by atoms with van der Waals surface area (Å²) in [5, 5.41) is 17.0. The van der Waals surface area contributed by atoms with Crippen LogP contribution < -0.4 is 28.3 Å². The number of nitrogens with zero attached hydrogens (tertiary/aromatic N) is 4. The van der Waals surface area contributed by atoms with Crippen LogP contribution in [0, 0.1) is 0 Å². The second kappa shape index (κ2) is 16.3. The third-order valence-corrected chi connectivity index (χ3v) is 4.82. The standard InChI is InChI=1S/C13H16N2O4.C11H12N2O4.Li.H2O/c1-3-18-13(16)11-8-14-15-9-10(4-5-12(11)15)19-7-6-17-2;1-16-4-5-17-8-2-3-10-9(11(14)15)6-12-13(10)7-8;;/h4-5,8-9H,3,6-7H2,1-2H3;2-3,6-7H,4-5H2,1H3,(H,14,15);;1H2/q;;+1;/p-1. The average molecular weight is 524 g/mol. The molecule has 14 heteroatoms. The summed E-state index contributed by atoms with van der Waals surface area (Å²) in [6.07, 6.45) is 6.16. The van der Waals surface area contributed by atoms with Crippen LogP contribution in [0.25, 0.3) is 11.0 Å². The van der Waals surface area contributed by atoms with Crippen molar-refractivity contribution in [2.24, 2.45) is 0 Å². The Bertz CT molecular complexity index is 1310. The minimum absolute atomic E-state index is 0. The number of ether oxygens (including phenoxy) is 5. The molecule has 4 aromatic rings. The molecule has 200 valence electrons. The van der Waals surface area contributed by atoms with E-state index < -0.39 is 5.97 Å². The normalized spacial score (nSPS) is 10.1. The van der Waals surface area contributed by atoms with E-state index in [-0.39, 0.29) is 35.9 Å². The van der Waals surface area contributed by atoms with E-state index >= 15 is 0 Å². The fraction of sp³-hybridized carbons (Fsp3) is 0.333. The van der Waals surface area contributed by atoms with Crippen molar-refractivity contribution in [1.82, 2.24) is 19.2 Å². The topological polar surface area (TPSA) is 165 Å². The zero-order valence-electron chi connectivity index (χ0n) is 21.7. The number of carboxylic acids is 1. The molecule has 2 N–H and O–H groups in total. The van der Waals surface area contributed by atoms with Crippen LogP contribution in [0.2, 0.25) is 0 Å². The van der Waals surface area contributed by atoms with Crippen molar-refractivity contribution < 1.29 is 62.7 Å². The molecule has 0 aromatic carbocycles. The fourth-order valence-corrected chi connectivity index (χ4v) is 3.12. The third-order valence-electron chi connectivity index (χ3n) is 4.82. The molecule has 0 aliphatic heterocycles. The van der Waals surface area contributed by atoms with E-state index in [2.05, 4.69) is 10.2 Å². The Morgan fingerprint density at radius 3 is 1.74 bits per heavy atom. The summed E-state index contributed by atoms with van der Waals surface area (Å²) < 4.78 is 28.7. The van der Waals surface area contributed by atoms with E-state index in [1.54, 1.807) is 62.3 Å². The Kier molecular flexibility index (Phi) is 13.9. The van der Waals surface area contributed by atoms with Gasteiger partial charge in [0.1, 0.15) is 35.8 Å². The summed E-state index contributed by atoms with van der Waals surface area (Å²) in [5.74, 6) is -0.0729. The molecule has 4 rings (SSSR count). The van der Waals surface area contributed by atoms with Crippen LogP contribution >= 0.6 is 0 Å². The molecular formula is C24H29LiN4O9. The van der Waals surface area contributed by atoms with Gasteiger partial charge in [0.15, 0.2) is 0 Å². The van der Waals surface area contributed by atoms with Crippen molar-refractivity contribution in [3.63, 3.8) is 0 Å². The second-order valence-corrected chi connectivity index (χ2v) is 7.21. The van der Waals surface area contributed by atoms with Crippen molar-refractivity contribution in [3.8, 4) is 11.5 Å². The Morgan fingerprint density at radius 1 is 0.816 bits per heavy atom. The van der Waals surface area contributed by atoms with E-state index in [1.165, 1.54) is 16.9 Å². The number of hydrogen-bond acceptors (Lipinski definition) is 10. The third kappa shape index (κ3) is 8.47. The number of hydrogen-bond donors (Lipinski definition) is 1. The van der Waals surface area contributed by atoms with E-state index in [0.29, 0.717) is 61.1 Å². The first-order valence-electron chi connectivity index (χ1n) is 11.1. The zero-order chi connectivity index (χ0) is 25.9. The van der Waals surface area contributed by atoms with Gasteiger partial charge in [-0.05, 0) is 31.2 Å². The van der Waals surface area contributed by atoms with Crippen LogP contribution in [0.3, 0.4) is 0 Å². The number of aromatic carboxylic acids is 1. The van der Waals surface area contributed by atoms with Gasteiger partial charge in [-0.3, -0.25) is 0 Å². The largest absolute Gasteiger partial charge is 1.00 e. The molecule has 0 atom stereocenters.